The number of pyridine rings is 1. The van der Waals surface area contributed by atoms with Gasteiger partial charge in [0, 0.05) is 24.7 Å². The number of likely N-dealkylation sites (tertiary alicyclic amines) is 1. The highest BCUT2D eigenvalue weighted by Gasteiger charge is 2.31. The lowest BCUT2D eigenvalue weighted by Gasteiger charge is -2.17. The molecule has 3 rings (SSSR count). The summed E-state index contributed by atoms with van der Waals surface area (Å²) in [7, 11) is 0. The molecule has 2 heterocycles. The van der Waals surface area contributed by atoms with E-state index >= 15 is 0 Å². The summed E-state index contributed by atoms with van der Waals surface area (Å²) in [6.07, 6.45) is 1.68. The van der Waals surface area contributed by atoms with Crippen molar-refractivity contribution in [3.8, 4) is 5.75 Å². The second-order valence-corrected chi connectivity index (χ2v) is 6.41. The summed E-state index contributed by atoms with van der Waals surface area (Å²) in [6, 6.07) is 7.21. The van der Waals surface area contributed by atoms with Gasteiger partial charge in [-0.15, -0.1) is 0 Å². The van der Waals surface area contributed by atoms with E-state index in [-0.39, 0.29) is 12.5 Å². The molecule has 1 amide bonds. The zero-order valence-electron chi connectivity index (χ0n) is 13.0. The van der Waals surface area contributed by atoms with Crippen molar-refractivity contribution in [1.29, 1.82) is 0 Å². The molecule has 6 heteroatoms. The Morgan fingerprint density at radius 3 is 3.00 bits per heavy atom. The first-order valence-electron chi connectivity index (χ1n) is 7.74. The minimum absolute atomic E-state index is 0.00266. The molecule has 0 saturated carbocycles. The third-order valence-corrected chi connectivity index (χ3v) is 4.78. The SMILES string of the molecule is C[C@@H]1CN(C(=O)COc2ccc(Cl)c3cccnc23)C[C@H]1CN. The van der Waals surface area contributed by atoms with Crippen molar-refractivity contribution in [3.05, 3.63) is 35.5 Å². The number of carbonyl (C=O) groups excluding carboxylic acids is 1. The number of nitrogens with two attached hydrogens (primary N) is 1. The fourth-order valence-corrected chi connectivity index (χ4v) is 3.22. The number of aromatic nitrogens is 1. The van der Waals surface area contributed by atoms with E-state index in [4.69, 9.17) is 22.1 Å². The zero-order chi connectivity index (χ0) is 16.4. The summed E-state index contributed by atoms with van der Waals surface area (Å²) in [6.45, 7) is 4.18. The Kier molecular flexibility index (Phi) is 4.68. The molecule has 5 nitrogen and oxygen atoms in total. The van der Waals surface area contributed by atoms with E-state index in [1.54, 1.807) is 18.3 Å². The molecule has 1 fully saturated rings. The molecule has 1 saturated heterocycles. The molecule has 2 atom stereocenters. The van der Waals surface area contributed by atoms with Gasteiger partial charge >= 0.3 is 0 Å². The van der Waals surface area contributed by atoms with Gasteiger partial charge in [0.1, 0.15) is 11.3 Å². The first-order valence-corrected chi connectivity index (χ1v) is 8.11. The Bertz CT molecular complexity index is 722. The van der Waals surface area contributed by atoms with E-state index < -0.39 is 0 Å². The molecule has 1 aromatic heterocycles. The molecule has 1 aromatic carbocycles. The molecule has 1 aliphatic rings. The van der Waals surface area contributed by atoms with E-state index in [0.29, 0.717) is 41.2 Å². The Balaban J connectivity index is 1.70. The summed E-state index contributed by atoms with van der Waals surface area (Å²) in [4.78, 5) is 18.5. The van der Waals surface area contributed by atoms with Crippen molar-refractivity contribution in [1.82, 2.24) is 9.88 Å². The number of ether oxygens (including phenoxy) is 1. The predicted octanol–water partition coefficient (Wildman–Crippen LogP) is 2.32. The van der Waals surface area contributed by atoms with Gasteiger partial charge in [0.2, 0.25) is 0 Å². The van der Waals surface area contributed by atoms with Crippen LogP contribution in [0, 0.1) is 11.8 Å². The maximum absolute atomic E-state index is 12.3. The monoisotopic (exact) mass is 333 g/mol. The van der Waals surface area contributed by atoms with Crippen LogP contribution in [0.3, 0.4) is 0 Å². The number of amides is 1. The molecule has 0 unspecified atom stereocenters. The van der Waals surface area contributed by atoms with E-state index in [2.05, 4.69) is 11.9 Å². The van der Waals surface area contributed by atoms with Gasteiger partial charge in [-0.1, -0.05) is 18.5 Å². The number of benzene rings is 1. The van der Waals surface area contributed by atoms with Crippen LogP contribution in [0.1, 0.15) is 6.92 Å². The van der Waals surface area contributed by atoms with E-state index in [0.717, 1.165) is 11.9 Å². The maximum atomic E-state index is 12.3. The van der Waals surface area contributed by atoms with Crippen LogP contribution in [0.25, 0.3) is 10.9 Å². The minimum Gasteiger partial charge on any atom is -0.481 e. The number of rotatable bonds is 4. The fraction of sp³-hybridized carbons (Fsp3) is 0.412. The molecule has 2 N–H and O–H groups in total. The second-order valence-electron chi connectivity index (χ2n) is 6.01. The fourth-order valence-electron chi connectivity index (χ4n) is 3.00. The van der Waals surface area contributed by atoms with E-state index in [1.807, 2.05) is 17.0 Å². The summed E-state index contributed by atoms with van der Waals surface area (Å²) in [5, 5.41) is 1.43. The molecular formula is C17H20ClN3O2. The van der Waals surface area contributed by atoms with Crippen LogP contribution >= 0.6 is 11.6 Å². The van der Waals surface area contributed by atoms with Gasteiger partial charge in [0.15, 0.2) is 6.61 Å². The van der Waals surface area contributed by atoms with Crippen LogP contribution in [-0.4, -0.2) is 42.0 Å². The molecule has 23 heavy (non-hydrogen) atoms. The van der Waals surface area contributed by atoms with Crippen LogP contribution in [0.5, 0.6) is 5.75 Å². The highest BCUT2D eigenvalue weighted by Crippen LogP contribution is 2.29. The van der Waals surface area contributed by atoms with Crippen LogP contribution in [0.15, 0.2) is 30.5 Å². The largest absolute Gasteiger partial charge is 0.481 e. The van der Waals surface area contributed by atoms with Crippen molar-refractivity contribution < 1.29 is 9.53 Å². The summed E-state index contributed by atoms with van der Waals surface area (Å²) >= 11 is 6.16. The minimum atomic E-state index is -0.0215. The third kappa shape index (κ3) is 3.26. The summed E-state index contributed by atoms with van der Waals surface area (Å²) in [5.74, 6) is 1.35. The standard InChI is InChI=1S/C17H20ClN3O2/c1-11-8-21(9-12(11)7-19)16(22)10-23-15-5-4-14(18)13-3-2-6-20-17(13)15/h2-6,11-12H,7-10,19H2,1H3/t11-,12-/m1/s1. The van der Waals surface area contributed by atoms with Gasteiger partial charge in [-0.05, 0) is 42.6 Å². The van der Waals surface area contributed by atoms with Crippen molar-refractivity contribution >= 4 is 28.4 Å². The highest BCUT2D eigenvalue weighted by atomic mass is 35.5. The summed E-state index contributed by atoms with van der Waals surface area (Å²) in [5.41, 5.74) is 6.41. The van der Waals surface area contributed by atoms with E-state index in [1.165, 1.54) is 0 Å². The van der Waals surface area contributed by atoms with Gasteiger partial charge in [0.05, 0.1) is 5.02 Å². The number of carbonyl (C=O) groups is 1. The first-order chi connectivity index (χ1) is 11.1. The average molecular weight is 334 g/mol. The lowest BCUT2D eigenvalue weighted by Crippen LogP contribution is -2.33. The predicted molar refractivity (Wildman–Crippen MR) is 90.5 cm³/mol. The van der Waals surface area contributed by atoms with Crippen LogP contribution in [0.4, 0.5) is 0 Å². The van der Waals surface area contributed by atoms with Crippen LogP contribution in [-0.2, 0) is 4.79 Å². The van der Waals surface area contributed by atoms with Gasteiger partial charge in [-0.2, -0.15) is 0 Å². The molecule has 1 aliphatic heterocycles. The van der Waals surface area contributed by atoms with Crippen molar-refractivity contribution in [2.45, 2.75) is 6.92 Å². The van der Waals surface area contributed by atoms with Crippen molar-refractivity contribution in [3.63, 3.8) is 0 Å². The topological polar surface area (TPSA) is 68.5 Å². The quantitative estimate of drug-likeness (QED) is 0.932. The van der Waals surface area contributed by atoms with Crippen LogP contribution in [0.2, 0.25) is 5.02 Å². The number of hydrogen-bond donors (Lipinski definition) is 1. The Morgan fingerprint density at radius 2 is 2.26 bits per heavy atom. The number of nitrogens with zero attached hydrogens (tertiary/aromatic N) is 2. The lowest BCUT2D eigenvalue weighted by atomic mass is 9.99. The zero-order valence-corrected chi connectivity index (χ0v) is 13.8. The maximum Gasteiger partial charge on any atom is 0.260 e. The lowest BCUT2D eigenvalue weighted by molar-refractivity contribution is -0.132. The normalized spacial score (nSPS) is 20.9. The smallest absolute Gasteiger partial charge is 0.260 e. The van der Waals surface area contributed by atoms with Gasteiger partial charge in [-0.25, -0.2) is 0 Å². The molecule has 2 aromatic rings. The third-order valence-electron chi connectivity index (χ3n) is 4.45. The second kappa shape index (κ2) is 6.72. The van der Waals surface area contributed by atoms with Crippen molar-refractivity contribution in [2.75, 3.05) is 26.2 Å². The Labute approximate surface area is 140 Å². The Hall–Kier alpha value is -1.85. The molecule has 0 aliphatic carbocycles. The first kappa shape index (κ1) is 16.0. The van der Waals surface area contributed by atoms with Crippen molar-refractivity contribution in [2.24, 2.45) is 17.6 Å². The molecule has 0 radical (unpaired) electrons. The molecular weight excluding hydrogens is 314 g/mol. The average Bonchev–Trinajstić information content (AvgIpc) is 2.95. The number of halogens is 1. The summed E-state index contributed by atoms with van der Waals surface area (Å²) < 4.78 is 5.71. The molecule has 0 bridgehead atoms. The van der Waals surface area contributed by atoms with E-state index in [9.17, 15) is 4.79 Å². The van der Waals surface area contributed by atoms with Gasteiger partial charge < -0.3 is 15.4 Å². The molecule has 0 spiro atoms. The Morgan fingerprint density at radius 1 is 1.43 bits per heavy atom. The van der Waals surface area contributed by atoms with Crippen LogP contribution < -0.4 is 10.5 Å². The van der Waals surface area contributed by atoms with Gasteiger partial charge in [0.25, 0.3) is 5.91 Å². The molecule has 122 valence electrons. The number of fused-ring (bicyclic) bond motifs is 1. The highest BCUT2D eigenvalue weighted by molar-refractivity contribution is 6.35. The van der Waals surface area contributed by atoms with Gasteiger partial charge in [-0.3, -0.25) is 9.78 Å². The number of hydrogen-bond acceptors (Lipinski definition) is 4.